The fourth-order valence-electron chi connectivity index (χ4n) is 1.72. The Hall–Kier alpha value is -2.16. The number of hydrogen-bond acceptors (Lipinski definition) is 1. The molecule has 2 aromatic carbocycles. The van der Waals surface area contributed by atoms with E-state index in [0.717, 1.165) is 16.7 Å². The van der Waals surface area contributed by atoms with Gasteiger partial charge >= 0.3 is 0 Å². The lowest BCUT2D eigenvalue weighted by molar-refractivity contribution is 0.100. The quantitative estimate of drug-likeness (QED) is 0.845. The Morgan fingerprint density at radius 3 is 2.35 bits per heavy atom. The molecule has 86 valence electrons. The van der Waals surface area contributed by atoms with Gasteiger partial charge in [0.2, 0.25) is 5.91 Å². The smallest absolute Gasteiger partial charge is 0.248 e. The Balaban J connectivity index is 2.54. The maximum Gasteiger partial charge on any atom is 0.248 e. The zero-order chi connectivity index (χ0) is 12.4. The summed E-state index contributed by atoms with van der Waals surface area (Å²) in [6, 6.07) is 11.4. The van der Waals surface area contributed by atoms with Crippen LogP contribution in [0.1, 0.15) is 15.9 Å². The summed E-state index contributed by atoms with van der Waals surface area (Å²) in [6.45, 7) is 1.93. The van der Waals surface area contributed by atoms with Crippen molar-refractivity contribution in [2.45, 2.75) is 6.92 Å². The van der Waals surface area contributed by atoms with Crippen LogP contribution in [0.15, 0.2) is 42.5 Å². The molecule has 0 heterocycles. The third-order valence-electron chi connectivity index (χ3n) is 2.68. The largest absolute Gasteiger partial charge is 0.366 e. The van der Waals surface area contributed by atoms with E-state index < -0.39 is 5.91 Å². The van der Waals surface area contributed by atoms with Gasteiger partial charge in [-0.1, -0.05) is 18.2 Å². The second kappa shape index (κ2) is 4.37. The lowest BCUT2D eigenvalue weighted by atomic mass is 9.98. The van der Waals surface area contributed by atoms with Crippen molar-refractivity contribution in [3.8, 4) is 11.1 Å². The van der Waals surface area contributed by atoms with Crippen molar-refractivity contribution in [1.29, 1.82) is 0 Å². The number of carbonyl (C=O) groups is 1. The number of halogens is 1. The van der Waals surface area contributed by atoms with Crippen molar-refractivity contribution >= 4 is 5.91 Å². The van der Waals surface area contributed by atoms with Crippen molar-refractivity contribution in [1.82, 2.24) is 0 Å². The van der Waals surface area contributed by atoms with Gasteiger partial charge in [-0.2, -0.15) is 0 Å². The lowest BCUT2D eigenvalue weighted by Crippen LogP contribution is -2.10. The maximum absolute atomic E-state index is 12.8. The second-order valence-electron chi connectivity index (χ2n) is 3.90. The molecule has 1 amide bonds. The molecular formula is C14H12FNO. The van der Waals surface area contributed by atoms with E-state index >= 15 is 0 Å². The summed E-state index contributed by atoms with van der Waals surface area (Å²) in [7, 11) is 0. The van der Waals surface area contributed by atoms with Gasteiger partial charge < -0.3 is 5.73 Å². The molecule has 2 N–H and O–H groups in total. The molecule has 3 heteroatoms. The summed E-state index contributed by atoms with van der Waals surface area (Å²) in [5, 5.41) is 0. The van der Waals surface area contributed by atoms with Gasteiger partial charge in [0.15, 0.2) is 0 Å². The third-order valence-corrected chi connectivity index (χ3v) is 2.68. The van der Waals surface area contributed by atoms with Crippen LogP contribution in [0.2, 0.25) is 0 Å². The molecule has 0 unspecified atom stereocenters. The number of carbonyl (C=O) groups excluding carboxylic acids is 1. The van der Waals surface area contributed by atoms with E-state index in [1.54, 1.807) is 24.3 Å². The first kappa shape index (κ1) is 11.3. The summed E-state index contributed by atoms with van der Waals surface area (Å²) >= 11 is 0. The van der Waals surface area contributed by atoms with Crippen LogP contribution in [0.3, 0.4) is 0 Å². The molecule has 0 aliphatic carbocycles. The molecule has 0 fully saturated rings. The van der Waals surface area contributed by atoms with E-state index in [1.165, 1.54) is 12.1 Å². The zero-order valence-corrected chi connectivity index (χ0v) is 9.41. The molecule has 0 saturated carbocycles. The van der Waals surface area contributed by atoms with Gasteiger partial charge in [-0.3, -0.25) is 4.79 Å². The molecule has 0 radical (unpaired) electrons. The highest BCUT2D eigenvalue weighted by molar-refractivity contribution is 5.94. The second-order valence-corrected chi connectivity index (χ2v) is 3.90. The molecule has 2 nitrogen and oxygen atoms in total. The molecule has 2 aromatic rings. The van der Waals surface area contributed by atoms with Crippen molar-refractivity contribution in [2.24, 2.45) is 5.73 Å². The minimum absolute atomic E-state index is 0.280. The van der Waals surface area contributed by atoms with E-state index in [4.69, 9.17) is 5.73 Å². The minimum atomic E-state index is -0.464. The Morgan fingerprint density at radius 2 is 1.76 bits per heavy atom. The van der Waals surface area contributed by atoms with Crippen LogP contribution in [-0.2, 0) is 0 Å². The third kappa shape index (κ3) is 2.33. The fraction of sp³-hybridized carbons (Fsp3) is 0.0714. The van der Waals surface area contributed by atoms with Crippen molar-refractivity contribution in [2.75, 3.05) is 0 Å². The van der Waals surface area contributed by atoms with Crippen molar-refractivity contribution in [3.63, 3.8) is 0 Å². The maximum atomic E-state index is 12.8. The van der Waals surface area contributed by atoms with Crippen LogP contribution in [-0.4, -0.2) is 5.91 Å². The zero-order valence-electron chi connectivity index (χ0n) is 9.41. The molecule has 0 aromatic heterocycles. The van der Waals surface area contributed by atoms with Crippen LogP contribution in [0, 0.1) is 12.7 Å². The van der Waals surface area contributed by atoms with Gasteiger partial charge in [0.05, 0.1) is 0 Å². The van der Waals surface area contributed by atoms with Gasteiger partial charge in [0, 0.05) is 5.56 Å². The van der Waals surface area contributed by atoms with Crippen molar-refractivity contribution in [3.05, 3.63) is 59.4 Å². The van der Waals surface area contributed by atoms with E-state index in [-0.39, 0.29) is 5.82 Å². The summed E-state index contributed by atoms with van der Waals surface area (Å²) in [4.78, 5) is 11.1. The van der Waals surface area contributed by atoms with Gasteiger partial charge in [-0.15, -0.1) is 0 Å². The Labute approximate surface area is 98.9 Å². The van der Waals surface area contributed by atoms with E-state index in [9.17, 15) is 9.18 Å². The van der Waals surface area contributed by atoms with Gasteiger partial charge in [0.25, 0.3) is 0 Å². The highest BCUT2D eigenvalue weighted by atomic mass is 19.1. The van der Waals surface area contributed by atoms with Crippen LogP contribution in [0.5, 0.6) is 0 Å². The number of rotatable bonds is 2. The standard InChI is InChI=1S/C14H12FNO/c1-9-2-3-11(14(16)17)8-13(9)10-4-6-12(15)7-5-10/h2-8H,1H3,(H2,16,17). The summed E-state index contributed by atoms with van der Waals surface area (Å²) in [6.07, 6.45) is 0. The fourth-order valence-corrected chi connectivity index (χ4v) is 1.72. The predicted octanol–water partition coefficient (Wildman–Crippen LogP) is 2.90. The highest BCUT2D eigenvalue weighted by Gasteiger charge is 2.06. The van der Waals surface area contributed by atoms with Gasteiger partial charge in [-0.25, -0.2) is 4.39 Å². The van der Waals surface area contributed by atoms with Crippen LogP contribution in [0.25, 0.3) is 11.1 Å². The van der Waals surface area contributed by atoms with E-state index in [1.807, 2.05) is 13.0 Å². The molecule has 0 aliphatic rings. The summed E-state index contributed by atoms with van der Waals surface area (Å²) in [5.41, 5.74) is 8.46. The Bertz CT molecular complexity index is 561. The van der Waals surface area contributed by atoms with Gasteiger partial charge in [-0.05, 0) is 47.9 Å². The summed E-state index contributed by atoms with van der Waals surface area (Å²) < 4.78 is 12.8. The molecule has 17 heavy (non-hydrogen) atoms. The van der Waals surface area contributed by atoms with E-state index in [2.05, 4.69) is 0 Å². The van der Waals surface area contributed by atoms with Crippen LogP contribution < -0.4 is 5.73 Å². The molecule has 0 spiro atoms. The molecule has 0 saturated heterocycles. The lowest BCUT2D eigenvalue weighted by Gasteiger charge is -2.07. The number of aryl methyl sites for hydroxylation is 1. The number of nitrogens with two attached hydrogens (primary N) is 1. The first-order valence-electron chi connectivity index (χ1n) is 5.24. The predicted molar refractivity (Wildman–Crippen MR) is 65.1 cm³/mol. The highest BCUT2D eigenvalue weighted by Crippen LogP contribution is 2.24. The molecule has 0 atom stereocenters. The topological polar surface area (TPSA) is 43.1 Å². The minimum Gasteiger partial charge on any atom is -0.366 e. The van der Waals surface area contributed by atoms with Gasteiger partial charge in [0.1, 0.15) is 5.82 Å². The van der Waals surface area contributed by atoms with Crippen molar-refractivity contribution < 1.29 is 9.18 Å². The molecule has 0 aliphatic heterocycles. The van der Waals surface area contributed by atoms with Crippen LogP contribution in [0.4, 0.5) is 4.39 Å². The first-order valence-corrected chi connectivity index (χ1v) is 5.24. The normalized spacial score (nSPS) is 10.2. The SMILES string of the molecule is Cc1ccc(C(N)=O)cc1-c1ccc(F)cc1. The Kier molecular flexibility index (Phi) is 2.91. The number of benzene rings is 2. The first-order chi connectivity index (χ1) is 8.08. The average Bonchev–Trinajstić information content (AvgIpc) is 2.31. The number of amides is 1. The average molecular weight is 229 g/mol. The Morgan fingerprint density at radius 1 is 1.12 bits per heavy atom. The molecule has 2 rings (SSSR count). The number of hydrogen-bond donors (Lipinski definition) is 1. The summed E-state index contributed by atoms with van der Waals surface area (Å²) in [5.74, 6) is -0.745. The monoisotopic (exact) mass is 229 g/mol. The molecule has 0 bridgehead atoms. The number of primary amides is 1. The van der Waals surface area contributed by atoms with Crippen LogP contribution >= 0.6 is 0 Å². The van der Waals surface area contributed by atoms with E-state index in [0.29, 0.717) is 5.56 Å². The molecular weight excluding hydrogens is 217 g/mol.